The van der Waals surface area contributed by atoms with Crippen molar-refractivity contribution in [3.63, 3.8) is 0 Å². The molecular weight excluding hydrogens is 690 g/mol. The van der Waals surface area contributed by atoms with Crippen LogP contribution in [0.3, 0.4) is 0 Å². The average molecular weight is 728 g/mol. The van der Waals surface area contributed by atoms with E-state index in [9.17, 15) is 0 Å². The normalized spacial score (nSPS) is 10.8. The smallest absolute Gasteiger partial charge is 0.133 e. The Labute approximate surface area is 249 Å². The molecule has 37 heavy (non-hydrogen) atoms. The minimum Gasteiger partial charge on any atom is -0.496 e. The number of hydrogen-bond acceptors (Lipinski definition) is 4. The first-order chi connectivity index (χ1) is 18.1. The van der Waals surface area contributed by atoms with Gasteiger partial charge in [0, 0.05) is 0 Å². The summed E-state index contributed by atoms with van der Waals surface area (Å²) in [5.41, 5.74) is 2.37. The van der Waals surface area contributed by atoms with Crippen LogP contribution in [0.4, 0.5) is 0 Å². The van der Waals surface area contributed by atoms with Crippen LogP contribution in [0.2, 0.25) is 0 Å². The maximum Gasteiger partial charge on any atom is 0.133 e. The SMILES string of the molecule is CCCCCCOc1ccc(-c2ccc(OCCCCCCOc3cc(I)c(OC)cc3I)cc2)cc1. The minimum absolute atomic E-state index is 0.729. The third-order valence-electron chi connectivity index (χ3n) is 6.08. The van der Waals surface area contributed by atoms with Crippen molar-refractivity contribution in [1.82, 2.24) is 0 Å². The fourth-order valence-corrected chi connectivity index (χ4v) is 5.17. The van der Waals surface area contributed by atoms with Crippen molar-refractivity contribution in [1.29, 1.82) is 0 Å². The lowest BCUT2D eigenvalue weighted by Gasteiger charge is -2.11. The van der Waals surface area contributed by atoms with E-state index in [1.165, 1.54) is 30.4 Å². The fourth-order valence-electron chi connectivity index (χ4n) is 3.91. The predicted octanol–water partition coefficient (Wildman–Crippen LogP) is 9.55. The van der Waals surface area contributed by atoms with Gasteiger partial charge in [-0.05, 0) is 125 Å². The van der Waals surface area contributed by atoms with Gasteiger partial charge in [-0.1, -0.05) is 50.5 Å². The summed E-state index contributed by atoms with van der Waals surface area (Å²) in [7, 11) is 1.69. The third kappa shape index (κ3) is 10.5. The van der Waals surface area contributed by atoms with Gasteiger partial charge in [-0.15, -0.1) is 0 Å². The van der Waals surface area contributed by atoms with Crippen molar-refractivity contribution in [3.8, 4) is 34.1 Å². The zero-order chi connectivity index (χ0) is 26.3. The molecule has 4 nitrogen and oxygen atoms in total. The van der Waals surface area contributed by atoms with Gasteiger partial charge in [0.1, 0.15) is 23.0 Å². The molecule has 0 unspecified atom stereocenters. The molecular formula is C31H38I2O4. The lowest BCUT2D eigenvalue weighted by Crippen LogP contribution is -2.01. The Hall–Kier alpha value is -1.68. The Balaban J connectivity index is 1.29. The van der Waals surface area contributed by atoms with Crippen molar-refractivity contribution >= 4 is 45.2 Å². The molecule has 0 atom stereocenters. The molecule has 0 N–H and O–H groups in total. The van der Waals surface area contributed by atoms with E-state index in [0.29, 0.717) is 0 Å². The summed E-state index contributed by atoms with van der Waals surface area (Å²) in [6, 6.07) is 20.8. The van der Waals surface area contributed by atoms with Gasteiger partial charge in [0.05, 0.1) is 34.1 Å². The summed E-state index contributed by atoms with van der Waals surface area (Å²) in [4.78, 5) is 0. The second-order valence-electron chi connectivity index (χ2n) is 8.99. The van der Waals surface area contributed by atoms with Crippen LogP contribution < -0.4 is 18.9 Å². The monoisotopic (exact) mass is 728 g/mol. The Morgan fingerprint density at radius 3 is 1.46 bits per heavy atom. The third-order valence-corrected chi connectivity index (χ3v) is 7.77. The number of rotatable bonds is 17. The van der Waals surface area contributed by atoms with Crippen LogP contribution in [-0.4, -0.2) is 26.9 Å². The van der Waals surface area contributed by atoms with Crippen LogP contribution >= 0.6 is 45.2 Å². The number of methoxy groups -OCH3 is 1. The maximum absolute atomic E-state index is 5.97. The average Bonchev–Trinajstić information content (AvgIpc) is 2.92. The molecule has 6 heteroatoms. The minimum atomic E-state index is 0.729. The van der Waals surface area contributed by atoms with Crippen LogP contribution in [0.1, 0.15) is 58.3 Å². The summed E-state index contributed by atoms with van der Waals surface area (Å²) in [5.74, 6) is 3.68. The number of ether oxygens (including phenoxy) is 4. The zero-order valence-electron chi connectivity index (χ0n) is 21.9. The van der Waals surface area contributed by atoms with E-state index < -0.39 is 0 Å². The van der Waals surface area contributed by atoms with Gasteiger partial charge >= 0.3 is 0 Å². The lowest BCUT2D eigenvalue weighted by molar-refractivity contribution is 0.286. The van der Waals surface area contributed by atoms with E-state index in [4.69, 9.17) is 18.9 Å². The molecule has 0 saturated heterocycles. The largest absolute Gasteiger partial charge is 0.496 e. The van der Waals surface area contributed by atoms with E-state index in [2.05, 4.69) is 101 Å². The van der Waals surface area contributed by atoms with Crippen molar-refractivity contribution < 1.29 is 18.9 Å². The fraction of sp³-hybridized carbons (Fsp3) is 0.419. The van der Waals surface area contributed by atoms with Gasteiger partial charge in [0.2, 0.25) is 0 Å². The molecule has 3 aromatic carbocycles. The van der Waals surface area contributed by atoms with Crippen LogP contribution in [0.15, 0.2) is 60.7 Å². The molecule has 0 radical (unpaired) electrons. The van der Waals surface area contributed by atoms with Crippen molar-refractivity contribution in [3.05, 3.63) is 67.8 Å². The number of benzene rings is 3. The van der Waals surface area contributed by atoms with Gasteiger partial charge in [-0.25, -0.2) is 0 Å². The van der Waals surface area contributed by atoms with Gasteiger partial charge < -0.3 is 18.9 Å². The Bertz CT molecular complexity index is 1050. The van der Waals surface area contributed by atoms with Gasteiger partial charge in [-0.2, -0.15) is 0 Å². The first-order valence-corrected chi connectivity index (χ1v) is 15.4. The van der Waals surface area contributed by atoms with Crippen LogP contribution in [-0.2, 0) is 0 Å². The molecule has 0 heterocycles. The Morgan fingerprint density at radius 2 is 0.973 bits per heavy atom. The van der Waals surface area contributed by atoms with Crippen LogP contribution in [0.5, 0.6) is 23.0 Å². The summed E-state index contributed by atoms with van der Waals surface area (Å²) in [6.45, 7) is 4.48. The molecule has 0 spiro atoms. The van der Waals surface area contributed by atoms with Crippen molar-refractivity contribution in [2.24, 2.45) is 0 Å². The molecule has 0 bridgehead atoms. The van der Waals surface area contributed by atoms with Gasteiger partial charge in [0.25, 0.3) is 0 Å². The second kappa shape index (κ2) is 17.0. The molecule has 200 valence electrons. The molecule has 3 rings (SSSR count). The van der Waals surface area contributed by atoms with Crippen LogP contribution in [0.25, 0.3) is 11.1 Å². The highest BCUT2D eigenvalue weighted by atomic mass is 127. The lowest BCUT2D eigenvalue weighted by atomic mass is 10.1. The summed E-state index contributed by atoms with van der Waals surface area (Å²) in [5, 5.41) is 0. The molecule has 0 aliphatic rings. The molecule has 0 aliphatic carbocycles. The molecule has 0 amide bonds. The highest BCUT2D eigenvalue weighted by Gasteiger charge is 2.08. The molecule has 0 aliphatic heterocycles. The summed E-state index contributed by atoms with van der Waals surface area (Å²) < 4.78 is 25.3. The maximum atomic E-state index is 5.97. The van der Waals surface area contributed by atoms with E-state index in [1.54, 1.807) is 7.11 Å². The highest BCUT2D eigenvalue weighted by molar-refractivity contribution is 14.1. The predicted molar refractivity (Wildman–Crippen MR) is 169 cm³/mol. The second-order valence-corrected chi connectivity index (χ2v) is 11.3. The molecule has 0 fully saturated rings. The zero-order valence-corrected chi connectivity index (χ0v) is 26.3. The molecule has 0 aromatic heterocycles. The quantitative estimate of drug-likeness (QED) is 0.103. The standard InChI is InChI=1S/C31H38I2O4/c1-3-4-5-8-19-35-26-15-11-24(12-16-26)25-13-17-27(18-14-25)36-20-9-6-7-10-21-37-31-23-28(32)30(34-2)22-29(31)33/h11-18,22-23H,3-10,19-21H2,1-2H3. The van der Waals surface area contributed by atoms with E-state index >= 15 is 0 Å². The Kier molecular flexibility index (Phi) is 13.7. The molecule has 0 saturated carbocycles. The topological polar surface area (TPSA) is 36.9 Å². The highest BCUT2D eigenvalue weighted by Crippen LogP contribution is 2.31. The van der Waals surface area contributed by atoms with E-state index in [-0.39, 0.29) is 0 Å². The Morgan fingerprint density at radius 1 is 0.541 bits per heavy atom. The van der Waals surface area contributed by atoms with E-state index in [0.717, 1.165) is 82.1 Å². The number of hydrogen-bond donors (Lipinski definition) is 0. The van der Waals surface area contributed by atoms with Gasteiger partial charge in [-0.3, -0.25) is 0 Å². The van der Waals surface area contributed by atoms with Crippen molar-refractivity contribution in [2.75, 3.05) is 26.9 Å². The summed E-state index contributed by atoms with van der Waals surface area (Å²) >= 11 is 4.57. The summed E-state index contributed by atoms with van der Waals surface area (Å²) in [6.07, 6.45) is 9.23. The van der Waals surface area contributed by atoms with E-state index in [1.807, 2.05) is 12.1 Å². The number of halogens is 2. The van der Waals surface area contributed by atoms with Gasteiger partial charge in [0.15, 0.2) is 0 Å². The first-order valence-electron chi connectivity index (χ1n) is 13.2. The van der Waals surface area contributed by atoms with Crippen LogP contribution in [0, 0.1) is 7.14 Å². The first kappa shape index (κ1) is 29.9. The number of unbranched alkanes of at least 4 members (excludes halogenated alkanes) is 6. The molecule has 3 aromatic rings. The van der Waals surface area contributed by atoms with Crippen molar-refractivity contribution in [2.45, 2.75) is 58.3 Å².